The van der Waals surface area contributed by atoms with E-state index in [1.54, 1.807) is 0 Å². The SMILES string of the molecule is c1ccc(N(c2ccccc2)c2ccc3cc4c(cc3c2)oc2ccc3oc5cc6c(cc5c3c24)CCC(N(c2ccccc2)c2ccccc2)C6)cc1. The van der Waals surface area contributed by atoms with Gasteiger partial charge in [-0.25, -0.2) is 0 Å². The monoisotopic (exact) mass is 696 g/mol. The van der Waals surface area contributed by atoms with Crippen molar-refractivity contribution >= 4 is 83.1 Å². The Bertz CT molecular complexity index is 2890. The van der Waals surface area contributed by atoms with E-state index in [-0.39, 0.29) is 0 Å². The van der Waals surface area contributed by atoms with Crippen molar-refractivity contribution in [1.82, 2.24) is 0 Å². The normalized spacial score (nSPS) is 14.3. The molecule has 10 aromatic rings. The van der Waals surface area contributed by atoms with Crippen molar-refractivity contribution in [2.24, 2.45) is 0 Å². The Morgan fingerprint density at radius 3 is 1.54 bits per heavy atom. The highest BCUT2D eigenvalue weighted by atomic mass is 16.3. The Balaban J connectivity index is 1.01. The molecular formula is C50H36N2O2. The molecule has 4 heteroatoms. The number of rotatable bonds is 6. The summed E-state index contributed by atoms with van der Waals surface area (Å²) in [5.74, 6) is 0. The summed E-state index contributed by atoms with van der Waals surface area (Å²) in [6, 6.07) is 63.0. The number of fused-ring (bicyclic) bond motifs is 9. The van der Waals surface area contributed by atoms with Crippen molar-refractivity contribution in [3.8, 4) is 0 Å². The Morgan fingerprint density at radius 2 is 0.944 bits per heavy atom. The summed E-state index contributed by atoms with van der Waals surface area (Å²) >= 11 is 0. The molecule has 0 spiro atoms. The molecule has 2 aromatic heterocycles. The van der Waals surface area contributed by atoms with Crippen LogP contribution in [0.25, 0.3) is 54.6 Å². The van der Waals surface area contributed by atoms with Gasteiger partial charge >= 0.3 is 0 Å². The van der Waals surface area contributed by atoms with Crippen LogP contribution in [0, 0.1) is 0 Å². The van der Waals surface area contributed by atoms with E-state index in [0.29, 0.717) is 6.04 Å². The molecule has 1 atom stereocenters. The first kappa shape index (κ1) is 30.8. The van der Waals surface area contributed by atoms with Crippen LogP contribution in [0.1, 0.15) is 17.5 Å². The van der Waals surface area contributed by atoms with Gasteiger partial charge in [0.2, 0.25) is 0 Å². The number of furan rings is 2. The van der Waals surface area contributed by atoms with Gasteiger partial charge in [-0.05, 0) is 138 Å². The Labute approximate surface area is 313 Å². The molecule has 0 saturated heterocycles. The van der Waals surface area contributed by atoms with Crippen LogP contribution < -0.4 is 9.80 Å². The lowest BCUT2D eigenvalue weighted by atomic mass is 9.86. The van der Waals surface area contributed by atoms with Gasteiger partial charge in [-0.2, -0.15) is 0 Å². The summed E-state index contributed by atoms with van der Waals surface area (Å²) in [5, 5.41) is 6.83. The maximum Gasteiger partial charge on any atom is 0.136 e. The van der Waals surface area contributed by atoms with Gasteiger partial charge in [0.15, 0.2) is 0 Å². The zero-order chi connectivity index (χ0) is 35.6. The van der Waals surface area contributed by atoms with Crippen LogP contribution in [0.5, 0.6) is 0 Å². The molecule has 0 N–H and O–H groups in total. The number of aryl methyl sites for hydroxylation is 1. The lowest BCUT2D eigenvalue weighted by Gasteiger charge is -2.37. The van der Waals surface area contributed by atoms with E-state index in [2.05, 4.69) is 186 Å². The lowest BCUT2D eigenvalue weighted by Crippen LogP contribution is -2.36. The first-order chi connectivity index (χ1) is 26.7. The molecule has 11 rings (SSSR count). The zero-order valence-corrected chi connectivity index (χ0v) is 29.7. The van der Waals surface area contributed by atoms with Crippen molar-refractivity contribution in [3.63, 3.8) is 0 Å². The third kappa shape index (κ3) is 5.06. The van der Waals surface area contributed by atoms with Gasteiger partial charge in [-0.15, -0.1) is 0 Å². The predicted octanol–water partition coefficient (Wildman–Crippen LogP) is 13.8. The van der Waals surface area contributed by atoms with Crippen molar-refractivity contribution in [1.29, 1.82) is 0 Å². The summed E-state index contributed by atoms with van der Waals surface area (Å²) < 4.78 is 13.3. The minimum absolute atomic E-state index is 0.343. The van der Waals surface area contributed by atoms with E-state index >= 15 is 0 Å². The highest BCUT2D eigenvalue weighted by Gasteiger charge is 2.28. The minimum Gasteiger partial charge on any atom is -0.456 e. The largest absolute Gasteiger partial charge is 0.456 e. The molecule has 0 radical (unpaired) electrons. The number of para-hydroxylation sites is 4. The molecule has 0 amide bonds. The third-order valence-electron chi connectivity index (χ3n) is 11.3. The summed E-state index contributed by atoms with van der Waals surface area (Å²) in [5.41, 5.74) is 12.1. The summed E-state index contributed by atoms with van der Waals surface area (Å²) in [6.07, 6.45) is 3.04. The molecule has 1 aliphatic rings. The maximum absolute atomic E-state index is 6.66. The molecule has 0 bridgehead atoms. The second-order valence-electron chi connectivity index (χ2n) is 14.5. The van der Waals surface area contributed by atoms with Gasteiger partial charge in [-0.1, -0.05) is 78.9 Å². The Kier molecular flexibility index (Phi) is 7.09. The molecule has 0 aliphatic heterocycles. The van der Waals surface area contributed by atoms with Crippen LogP contribution in [0.4, 0.5) is 28.4 Å². The van der Waals surface area contributed by atoms with Crippen LogP contribution in [0.2, 0.25) is 0 Å². The van der Waals surface area contributed by atoms with Gasteiger partial charge in [0.25, 0.3) is 0 Å². The summed E-state index contributed by atoms with van der Waals surface area (Å²) in [7, 11) is 0. The van der Waals surface area contributed by atoms with E-state index in [0.717, 1.165) is 85.6 Å². The van der Waals surface area contributed by atoms with Crippen LogP contribution in [0.3, 0.4) is 0 Å². The van der Waals surface area contributed by atoms with Crippen LogP contribution in [-0.4, -0.2) is 6.04 Å². The number of hydrogen-bond donors (Lipinski definition) is 0. The molecule has 54 heavy (non-hydrogen) atoms. The molecule has 8 aromatic carbocycles. The molecular weight excluding hydrogens is 661 g/mol. The van der Waals surface area contributed by atoms with Gasteiger partial charge < -0.3 is 18.6 Å². The second-order valence-corrected chi connectivity index (χ2v) is 14.5. The van der Waals surface area contributed by atoms with E-state index in [1.807, 2.05) is 0 Å². The Morgan fingerprint density at radius 1 is 0.407 bits per heavy atom. The Hall–Kier alpha value is -6.78. The number of hydrogen-bond acceptors (Lipinski definition) is 4. The van der Waals surface area contributed by atoms with Crippen molar-refractivity contribution < 1.29 is 8.83 Å². The minimum atomic E-state index is 0.343. The van der Waals surface area contributed by atoms with Crippen LogP contribution in [0.15, 0.2) is 185 Å². The van der Waals surface area contributed by atoms with Gasteiger partial charge in [-0.3, -0.25) is 0 Å². The van der Waals surface area contributed by atoms with E-state index in [4.69, 9.17) is 8.83 Å². The fourth-order valence-electron chi connectivity index (χ4n) is 8.81. The van der Waals surface area contributed by atoms with Gasteiger partial charge in [0, 0.05) is 56.0 Å². The predicted molar refractivity (Wildman–Crippen MR) is 224 cm³/mol. The quantitative estimate of drug-likeness (QED) is 0.173. The average Bonchev–Trinajstić information content (AvgIpc) is 3.77. The van der Waals surface area contributed by atoms with E-state index < -0.39 is 0 Å². The highest BCUT2D eigenvalue weighted by molar-refractivity contribution is 6.27. The lowest BCUT2D eigenvalue weighted by molar-refractivity contribution is 0.562. The van der Waals surface area contributed by atoms with Crippen LogP contribution in [-0.2, 0) is 12.8 Å². The van der Waals surface area contributed by atoms with E-state index in [9.17, 15) is 0 Å². The zero-order valence-electron chi connectivity index (χ0n) is 29.7. The van der Waals surface area contributed by atoms with Gasteiger partial charge in [0.05, 0.1) is 0 Å². The van der Waals surface area contributed by atoms with Crippen molar-refractivity contribution in [3.05, 3.63) is 187 Å². The van der Waals surface area contributed by atoms with Crippen molar-refractivity contribution in [2.75, 3.05) is 9.80 Å². The number of benzene rings is 8. The van der Waals surface area contributed by atoms with E-state index in [1.165, 1.54) is 27.9 Å². The molecule has 4 nitrogen and oxygen atoms in total. The molecule has 258 valence electrons. The third-order valence-corrected chi connectivity index (χ3v) is 11.3. The molecule has 0 saturated carbocycles. The number of nitrogens with zero attached hydrogens (tertiary/aromatic N) is 2. The number of anilines is 5. The summed E-state index contributed by atoms with van der Waals surface area (Å²) in [6.45, 7) is 0. The molecule has 0 fully saturated rings. The van der Waals surface area contributed by atoms with Crippen molar-refractivity contribution in [2.45, 2.75) is 25.3 Å². The second kappa shape index (κ2) is 12.4. The summed E-state index contributed by atoms with van der Waals surface area (Å²) in [4.78, 5) is 4.81. The smallest absolute Gasteiger partial charge is 0.136 e. The van der Waals surface area contributed by atoms with Gasteiger partial charge in [0.1, 0.15) is 22.3 Å². The maximum atomic E-state index is 6.66. The molecule has 1 aliphatic carbocycles. The first-order valence-corrected chi connectivity index (χ1v) is 18.8. The highest BCUT2D eigenvalue weighted by Crippen LogP contribution is 2.44. The average molecular weight is 697 g/mol. The standard InChI is InChI=1S/C50H36N2O2/c1-5-13-37(14-6-1)51(38-15-7-2-8-16-38)41-23-21-33-29-43-47(31-35(33)27-41)53-45-25-26-46-50(49(43)45)44-30-34-22-24-42(28-36(34)32-48(44)54-46)52(39-17-9-3-10-18-39)40-19-11-4-12-20-40/h1-21,23,25-27,29-32,42H,22,24,28H2. The molecule has 2 heterocycles. The molecule has 1 unspecified atom stereocenters. The fraction of sp³-hybridized carbons (Fsp3) is 0.0800. The first-order valence-electron chi connectivity index (χ1n) is 18.8. The van der Waals surface area contributed by atoms with Crippen LogP contribution >= 0.6 is 0 Å². The topological polar surface area (TPSA) is 32.8 Å². The fourth-order valence-corrected chi connectivity index (χ4v) is 8.81.